The van der Waals surface area contributed by atoms with E-state index >= 15 is 0 Å². The van der Waals surface area contributed by atoms with Crippen molar-refractivity contribution in [1.29, 1.82) is 0 Å². The number of amides is 1. The van der Waals surface area contributed by atoms with Crippen LogP contribution in [0.15, 0.2) is 72.8 Å². The van der Waals surface area contributed by atoms with E-state index in [0.717, 1.165) is 26.4 Å². The van der Waals surface area contributed by atoms with Crippen molar-refractivity contribution in [2.24, 2.45) is 0 Å². The summed E-state index contributed by atoms with van der Waals surface area (Å²) < 4.78 is 6.74. The van der Waals surface area contributed by atoms with Crippen LogP contribution in [-0.2, 0) is 11.3 Å². The zero-order valence-corrected chi connectivity index (χ0v) is 16.5. The maximum absolute atomic E-state index is 12.0. The monoisotopic (exact) mass is 408 g/mol. The lowest BCUT2D eigenvalue weighted by Crippen LogP contribution is -2.28. The predicted molar refractivity (Wildman–Crippen MR) is 114 cm³/mol. The molecule has 0 radical (unpaired) electrons. The van der Waals surface area contributed by atoms with Gasteiger partial charge in [0.1, 0.15) is 10.8 Å². The Hall–Kier alpha value is -2.89. The lowest BCUT2D eigenvalue weighted by atomic mass is 10.2. The number of benzene rings is 3. The van der Waals surface area contributed by atoms with Gasteiger partial charge in [0.05, 0.1) is 10.2 Å². The summed E-state index contributed by atoms with van der Waals surface area (Å²) in [6.45, 7) is 0.407. The SMILES string of the molecule is O=C(COc1ccc(-c2nc3ccccc3s2)cc1)NCc1ccc(Cl)cc1. The van der Waals surface area contributed by atoms with Crippen LogP contribution in [-0.4, -0.2) is 17.5 Å². The Kier molecular flexibility index (Phi) is 5.55. The number of hydrogen-bond acceptors (Lipinski definition) is 4. The first-order valence-corrected chi connectivity index (χ1v) is 9.97. The zero-order chi connectivity index (χ0) is 19.3. The standard InChI is InChI=1S/C22H17ClN2O2S/c23-17-9-5-15(6-10-17)13-24-21(26)14-27-18-11-7-16(8-12-18)22-25-19-3-1-2-4-20(19)28-22/h1-12H,13-14H2,(H,24,26). The van der Waals surface area contributed by atoms with Crippen LogP contribution in [0.4, 0.5) is 0 Å². The molecule has 1 N–H and O–H groups in total. The first kappa shape index (κ1) is 18.5. The van der Waals surface area contributed by atoms with Gasteiger partial charge in [0.25, 0.3) is 5.91 Å². The first-order chi connectivity index (χ1) is 13.7. The van der Waals surface area contributed by atoms with E-state index in [1.165, 1.54) is 0 Å². The van der Waals surface area contributed by atoms with Crippen LogP contribution >= 0.6 is 22.9 Å². The summed E-state index contributed by atoms with van der Waals surface area (Å²) in [7, 11) is 0. The second-order valence-corrected chi connectivity index (χ2v) is 7.67. The third kappa shape index (κ3) is 4.50. The minimum Gasteiger partial charge on any atom is -0.484 e. The van der Waals surface area contributed by atoms with Gasteiger partial charge in [-0.15, -0.1) is 11.3 Å². The van der Waals surface area contributed by atoms with Gasteiger partial charge in [0.15, 0.2) is 6.61 Å². The number of aromatic nitrogens is 1. The number of halogens is 1. The Bertz CT molecular complexity index is 1060. The number of ether oxygens (including phenoxy) is 1. The van der Waals surface area contributed by atoms with Crippen molar-refractivity contribution in [2.75, 3.05) is 6.61 Å². The van der Waals surface area contributed by atoms with E-state index in [2.05, 4.69) is 16.4 Å². The predicted octanol–water partition coefficient (Wildman–Crippen LogP) is 5.31. The summed E-state index contributed by atoms with van der Waals surface area (Å²) in [5.74, 6) is 0.469. The fourth-order valence-corrected chi connectivity index (χ4v) is 3.79. The number of rotatable bonds is 6. The molecule has 140 valence electrons. The van der Waals surface area contributed by atoms with Gasteiger partial charge in [-0.25, -0.2) is 4.98 Å². The fourth-order valence-electron chi connectivity index (χ4n) is 2.69. The lowest BCUT2D eigenvalue weighted by molar-refractivity contribution is -0.123. The Morgan fingerprint density at radius 1 is 1.00 bits per heavy atom. The van der Waals surface area contributed by atoms with Gasteiger partial charge in [0.2, 0.25) is 0 Å². The van der Waals surface area contributed by atoms with Crippen LogP contribution in [0.2, 0.25) is 5.02 Å². The molecule has 1 amide bonds. The number of fused-ring (bicyclic) bond motifs is 1. The third-order valence-electron chi connectivity index (χ3n) is 4.17. The second kappa shape index (κ2) is 8.42. The van der Waals surface area contributed by atoms with Gasteiger partial charge in [0, 0.05) is 17.1 Å². The Labute approximate surface area is 171 Å². The van der Waals surface area contributed by atoms with Crippen molar-refractivity contribution in [3.8, 4) is 16.3 Å². The Morgan fingerprint density at radius 3 is 2.50 bits per heavy atom. The number of nitrogens with one attached hydrogen (secondary N) is 1. The normalized spacial score (nSPS) is 10.8. The van der Waals surface area contributed by atoms with Crippen LogP contribution in [0.1, 0.15) is 5.56 Å². The third-order valence-corrected chi connectivity index (χ3v) is 5.51. The maximum atomic E-state index is 12.0. The number of nitrogens with zero attached hydrogens (tertiary/aromatic N) is 1. The molecule has 0 saturated heterocycles. The average molecular weight is 409 g/mol. The van der Waals surface area contributed by atoms with E-state index < -0.39 is 0 Å². The Balaban J connectivity index is 1.31. The fraction of sp³-hybridized carbons (Fsp3) is 0.0909. The molecule has 3 aromatic carbocycles. The van der Waals surface area contributed by atoms with Crippen molar-refractivity contribution in [3.63, 3.8) is 0 Å². The molecule has 4 aromatic rings. The molecule has 0 fully saturated rings. The molecule has 1 aromatic heterocycles. The van der Waals surface area contributed by atoms with Crippen LogP contribution in [0.5, 0.6) is 5.75 Å². The highest BCUT2D eigenvalue weighted by Gasteiger charge is 2.07. The second-order valence-electron chi connectivity index (χ2n) is 6.20. The van der Waals surface area contributed by atoms with Crippen molar-refractivity contribution in [3.05, 3.63) is 83.4 Å². The highest BCUT2D eigenvalue weighted by molar-refractivity contribution is 7.21. The number of carbonyl (C=O) groups excluding carboxylic acids is 1. The highest BCUT2D eigenvalue weighted by Crippen LogP contribution is 2.30. The van der Waals surface area contributed by atoms with Crippen molar-refractivity contribution >= 4 is 39.1 Å². The first-order valence-electron chi connectivity index (χ1n) is 8.77. The number of para-hydroxylation sites is 1. The van der Waals surface area contributed by atoms with Crippen LogP contribution < -0.4 is 10.1 Å². The number of hydrogen-bond donors (Lipinski definition) is 1. The molecule has 6 heteroatoms. The largest absolute Gasteiger partial charge is 0.484 e. The van der Waals surface area contributed by atoms with E-state index in [1.807, 2.05) is 54.6 Å². The molecule has 1 heterocycles. The molecule has 28 heavy (non-hydrogen) atoms. The van der Waals surface area contributed by atoms with Crippen molar-refractivity contribution in [1.82, 2.24) is 10.3 Å². The highest BCUT2D eigenvalue weighted by atomic mass is 35.5. The van der Waals surface area contributed by atoms with Gasteiger partial charge < -0.3 is 10.1 Å². The summed E-state index contributed by atoms with van der Waals surface area (Å²) in [5, 5.41) is 4.47. The summed E-state index contributed by atoms with van der Waals surface area (Å²) >= 11 is 7.51. The van der Waals surface area contributed by atoms with Crippen LogP contribution in [0.3, 0.4) is 0 Å². The Morgan fingerprint density at radius 2 is 1.75 bits per heavy atom. The summed E-state index contributed by atoms with van der Waals surface area (Å²) in [6, 6.07) is 23.1. The van der Waals surface area contributed by atoms with Gasteiger partial charge in [-0.2, -0.15) is 0 Å². The van der Waals surface area contributed by atoms with Crippen molar-refractivity contribution in [2.45, 2.75) is 6.54 Å². The summed E-state index contributed by atoms with van der Waals surface area (Å²) in [6.07, 6.45) is 0. The summed E-state index contributed by atoms with van der Waals surface area (Å²) in [5.41, 5.74) is 3.01. The van der Waals surface area contributed by atoms with Crippen molar-refractivity contribution < 1.29 is 9.53 Å². The molecule has 4 rings (SSSR count). The van der Waals surface area contributed by atoms with Crippen LogP contribution in [0.25, 0.3) is 20.8 Å². The minimum atomic E-state index is -0.176. The maximum Gasteiger partial charge on any atom is 0.258 e. The molecule has 0 aliphatic heterocycles. The molecular formula is C22H17ClN2O2S. The molecule has 0 spiro atoms. The van der Waals surface area contributed by atoms with Gasteiger partial charge in [-0.1, -0.05) is 35.9 Å². The molecule has 0 aliphatic rings. The van der Waals surface area contributed by atoms with E-state index in [0.29, 0.717) is 17.3 Å². The van der Waals surface area contributed by atoms with Gasteiger partial charge in [-0.05, 0) is 54.1 Å². The van der Waals surface area contributed by atoms with E-state index in [1.54, 1.807) is 23.5 Å². The van der Waals surface area contributed by atoms with E-state index in [9.17, 15) is 4.79 Å². The topological polar surface area (TPSA) is 51.2 Å². The average Bonchev–Trinajstić information content (AvgIpc) is 3.16. The smallest absolute Gasteiger partial charge is 0.258 e. The lowest BCUT2D eigenvalue weighted by Gasteiger charge is -2.08. The van der Waals surface area contributed by atoms with E-state index in [4.69, 9.17) is 16.3 Å². The molecule has 4 nitrogen and oxygen atoms in total. The molecule has 0 unspecified atom stereocenters. The van der Waals surface area contributed by atoms with E-state index in [-0.39, 0.29) is 12.5 Å². The molecule has 0 bridgehead atoms. The van der Waals surface area contributed by atoms with Gasteiger partial charge >= 0.3 is 0 Å². The molecular weight excluding hydrogens is 392 g/mol. The molecule has 0 saturated carbocycles. The number of thiazole rings is 1. The molecule has 0 atom stereocenters. The van der Waals surface area contributed by atoms with Crippen LogP contribution in [0, 0.1) is 0 Å². The summed E-state index contributed by atoms with van der Waals surface area (Å²) in [4.78, 5) is 16.6. The zero-order valence-electron chi connectivity index (χ0n) is 14.9. The quantitative estimate of drug-likeness (QED) is 0.470. The minimum absolute atomic E-state index is 0.0337. The molecule has 0 aliphatic carbocycles. The van der Waals surface area contributed by atoms with Gasteiger partial charge in [-0.3, -0.25) is 4.79 Å². The number of carbonyl (C=O) groups is 1.